The average Bonchev–Trinajstić information content (AvgIpc) is 2.59. The lowest BCUT2D eigenvalue weighted by Gasteiger charge is -2.26. The molecule has 0 heterocycles. The molecular formula is C20H31NO4. The summed E-state index contributed by atoms with van der Waals surface area (Å²) in [5, 5.41) is 0. The van der Waals surface area contributed by atoms with Crippen LogP contribution in [-0.4, -0.2) is 49.8 Å². The second-order valence-electron chi connectivity index (χ2n) is 6.25. The molecule has 0 bridgehead atoms. The molecule has 0 spiro atoms. The number of hydrogen-bond acceptors (Lipinski definition) is 5. The number of hydrogen-bond donors (Lipinski definition) is 0. The van der Waals surface area contributed by atoms with E-state index < -0.39 is 11.6 Å². The highest BCUT2D eigenvalue weighted by Crippen LogP contribution is 2.31. The number of carbonyl (C=O) groups is 1. The lowest BCUT2D eigenvalue weighted by Crippen LogP contribution is -2.41. The number of benzene rings is 1. The van der Waals surface area contributed by atoms with E-state index in [0.29, 0.717) is 24.7 Å². The van der Waals surface area contributed by atoms with Crippen LogP contribution >= 0.6 is 0 Å². The van der Waals surface area contributed by atoms with Crippen LogP contribution in [0.1, 0.15) is 33.3 Å². The van der Waals surface area contributed by atoms with Crippen LogP contribution in [-0.2, 0) is 16.0 Å². The van der Waals surface area contributed by atoms with E-state index in [1.165, 1.54) is 0 Å². The summed E-state index contributed by atoms with van der Waals surface area (Å²) in [7, 11) is 1.58. The molecule has 0 saturated carbocycles. The fraction of sp³-hybridized carbons (Fsp3) is 0.550. The number of methoxy groups -OCH3 is 1. The molecule has 0 aliphatic carbocycles. The number of esters is 1. The first kappa shape index (κ1) is 21.0. The van der Waals surface area contributed by atoms with Gasteiger partial charge in [-0.3, -0.25) is 0 Å². The van der Waals surface area contributed by atoms with Gasteiger partial charge in [0.15, 0.2) is 17.1 Å². The molecule has 0 unspecified atom stereocenters. The molecule has 0 amide bonds. The summed E-state index contributed by atoms with van der Waals surface area (Å²) in [6.45, 7) is 14.2. The van der Waals surface area contributed by atoms with Gasteiger partial charge in [0.25, 0.3) is 0 Å². The summed E-state index contributed by atoms with van der Waals surface area (Å²) >= 11 is 0. The molecule has 1 aromatic rings. The molecule has 0 aliphatic heterocycles. The molecule has 0 aliphatic rings. The van der Waals surface area contributed by atoms with Crippen molar-refractivity contribution in [2.24, 2.45) is 0 Å². The van der Waals surface area contributed by atoms with Gasteiger partial charge < -0.3 is 19.1 Å². The van der Waals surface area contributed by atoms with Crippen molar-refractivity contribution in [1.82, 2.24) is 4.90 Å². The van der Waals surface area contributed by atoms with Crippen molar-refractivity contribution in [3.8, 4) is 11.5 Å². The van der Waals surface area contributed by atoms with Gasteiger partial charge in [0.05, 0.1) is 7.11 Å². The topological polar surface area (TPSA) is 48.0 Å². The zero-order valence-corrected chi connectivity index (χ0v) is 16.1. The Morgan fingerprint density at radius 3 is 2.48 bits per heavy atom. The highest BCUT2D eigenvalue weighted by molar-refractivity contribution is 5.79. The maximum Gasteiger partial charge on any atom is 0.349 e. The molecule has 0 saturated heterocycles. The molecule has 25 heavy (non-hydrogen) atoms. The van der Waals surface area contributed by atoms with Crippen molar-refractivity contribution >= 4 is 5.97 Å². The highest BCUT2D eigenvalue weighted by atomic mass is 16.6. The van der Waals surface area contributed by atoms with Gasteiger partial charge in [0.2, 0.25) is 0 Å². The van der Waals surface area contributed by atoms with Crippen LogP contribution < -0.4 is 9.47 Å². The quantitative estimate of drug-likeness (QED) is 0.452. The average molecular weight is 349 g/mol. The molecule has 0 aromatic heterocycles. The van der Waals surface area contributed by atoms with Gasteiger partial charge in [-0.2, -0.15) is 0 Å². The van der Waals surface area contributed by atoms with Crippen molar-refractivity contribution in [2.75, 3.05) is 33.4 Å². The first-order valence-electron chi connectivity index (χ1n) is 8.74. The Morgan fingerprint density at radius 2 is 1.92 bits per heavy atom. The van der Waals surface area contributed by atoms with Crippen molar-refractivity contribution in [3.05, 3.63) is 36.4 Å². The Kier molecular flexibility index (Phi) is 8.49. The highest BCUT2D eigenvalue weighted by Gasteiger charge is 2.33. The Hall–Kier alpha value is -2.01. The molecule has 140 valence electrons. The van der Waals surface area contributed by atoms with Gasteiger partial charge in [0, 0.05) is 6.54 Å². The largest absolute Gasteiger partial charge is 0.493 e. The Bertz CT molecular complexity index is 565. The van der Waals surface area contributed by atoms with Crippen molar-refractivity contribution in [1.29, 1.82) is 0 Å². The van der Waals surface area contributed by atoms with Crippen LogP contribution in [0.5, 0.6) is 11.5 Å². The first-order chi connectivity index (χ1) is 11.9. The third kappa shape index (κ3) is 6.42. The standard InChI is InChI=1S/C20H31NO4/c1-7-10-16-11-12-17(18(15-16)23-6)25-20(4,5)19(22)24-14-13-21(8-2)9-3/h7,11-12,15H,1,8-10,13-14H2,2-6H3. The van der Waals surface area contributed by atoms with Crippen LogP contribution in [0.3, 0.4) is 0 Å². The summed E-state index contributed by atoms with van der Waals surface area (Å²) in [5.74, 6) is 0.709. The Labute approximate surface area is 151 Å². The number of allylic oxidation sites excluding steroid dienone is 1. The molecule has 0 N–H and O–H groups in total. The molecule has 5 nitrogen and oxygen atoms in total. The summed E-state index contributed by atoms with van der Waals surface area (Å²) in [5.41, 5.74) is -0.0324. The van der Waals surface area contributed by atoms with E-state index in [9.17, 15) is 4.79 Å². The van der Waals surface area contributed by atoms with E-state index >= 15 is 0 Å². The second kappa shape index (κ2) is 10.1. The minimum atomic E-state index is -1.10. The number of ether oxygens (including phenoxy) is 3. The summed E-state index contributed by atoms with van der Waals surface area (Å²) in [6.07, 6.45) is 2.57. The number of likely N-dealkylation sites (N-methyl/N-ethyl adjacent to an activating group) is 1. The van der Waals surface area contributed by atoms with E-state index in [4.69, 9.17) is 14.2 Å². The summed E-state index contributed by atoms with van der Waals surface area (Å²) in [6, 6.07) is 5.63. The van der Waals surface area contributed by atoms with Crippen molar-refractivity contribution in [3.63, 3.8) is 0 Å². The normalized spacial score (nSPS) is 11.3. The van der Waals surface area contributed by atoms with E-state index in [1.54, 1.807) is 21.0 Å². The maximum absolute atomic E-state index is 12.4. The molecule has 5 heteroatoms. The van der Waals surface area contributed by atoms with Gasteiger partial charge in [-0.15, -0.1) is 6.58 Å². The minimum Gasteiger partial charge on any atom is -0.493 e. The van der Waals surface area contributed by atoms with Crippen LogP contribution in [0.2, 0.25) is 0 Å². The predicted octanol–water partition coefficient (Wildman–Crippen LogP) is 3.47. The zero-order valence-electron chi connectivity index (χ0n) is 16.1. The lowest BCUT2D eigenvalue weighted by atomic mass is 10.1. The summed E-state index contributed by atoms with van der Waals surface area (Å²) in [4.78, 5) is 14.6. The smallest absolute Gasteiger partial charge is 0.349 e. The van der Waals surface area contributed by atoms with Crippen LogP contribution in [0.4, 0.5) is 0 Å². The zero-order chi connectivity index (χ0) is 18.9. The molecule has 0 fully saturated rings. The maximum atomic E-state index is 12.4. The van der Waals surface area contributed by atoms with Gasteiger partial charge in [-0.1, -0.05) is 26.0 Å². The fourth-order valence-electron chi connectivity index (χ4n) is 2.39. The van der Waals surface area contributed by atoms with E-state index in [0.717, 1.165) is 25.1 Å². The first-order valence-corrected chi connectivity index (χ1v) is 8.74. The third-order valence-electron chi connectivity index (χ3n) is 4.00. The number of rotatable bonds is 11. The molecule has 0 atom stereocenters. The van der Waals surface area contributed by atoms with Crippen molar-refractivity contribution in [2.45, 2.75) is 39.7 Å². The second-order valence-corrected chi connectivity index (χ2v) is 6.25. The van der Waals surface area contributed by atoms with E-state index in [-0.39, 0.29) is 0 Å². The van der Waals surface area contributed by atoms with E-state index in [2.05, 4.69) is 25.3 Å². The summed E-state index contributed by atoms with van der Waals surface area (Å²) < 4.78 is 16.7. The van der Waals surface area contributed by atoms with Gasteiger partial charge in [-0.25, -0.2) is 4.79 Å². The molecule has 0 radical (unpaired) electrons. The van der Waals surface area contributed by atoms with E-state index in [1.807, 2.05) is 24.3 Å². The predicted molar refractivity (Wildman–Crippen MR) is 100 cm³/mol. The van der Waals surface area contributed by atoms with Crippen molar-refractivity contribution < 1.29 is 19.0 Å². The molecular weight excluding hydrogens is 318 g/mol. The lowest BCUT2D eigenvalue weighted by molar-refractivity contribution is -0.159. The number of carbonyl (C=O) groups excluding carboxylic acids is 1. The molecule has 1 rings (SSSR count). The minimum absolute atomic E-state index is 0.350. The third-order valence-corrected chi connectivity index (χ3v) is 4.00. The van der Waals surface area contributed by atoms with Gasteiger partial charge in [0.1, 0.15) is 6.61 Å². The van der Waals surface area contributed by atoms with Crippen LogP contribution in [0, 0.1) is 0 Å². The van der Waals surface area contributed by atoms with Gasteiger partial charge in [-0.05, 0) is 51.1 Å². The van der Waals surface area contributed by atoms with Gasteiger partial charge >= 0.3 is 5.97 Å². The fourth-order valence-corrected chi connectivity index (χ4v) is 2.39. The number of nitrogens with zero attached hydrogens (tertiary/aromatic N) is 1. The Balaban J connectivity index is 2.72. The SMILES string of the molecule is C=CCc1ccc(OC(C)(C)C(=O)OCCN(CC)CC)c(OC)c1. The van der Waals surface area contributed by atoms with Crippen LogP contribution in [0.15, 0.2) is 30.9 Å². The Morgan fingerprint density at radius 1 is 1.24 bits per heavy atom. The molecule has 1 aromatic carbocycles. The monoisotopic (exact) mass is 349 g/mol. The van der Waals surface area contributed by atoms with Crippen LogP contribution in [0.25, 0.3) is 0 Å².